The Morgan fingerprint density at radius 1 is 0.938 bits per heavy atom. The number of benzene rings is 2. The van der Waals surface area contributed by atoms with Gasteiger partial charge in [0, 0.05) is 0 Å². The van der Waals surface area contributed by atoms with Crippen molar-refractivity contribution >= 4 is 5.83 Å². The number of para-hydroxylation sites is 2. The summed E-state index contributed by atoms with van der Waals surface area (Å²) in [5, 5.41) is 0. The molecule has 16 heavy (non-hydrogen) atoms. The van der Waals surface area contributed by atoms with E-state index in [1.165, 1.54) is 0 Å². The highest BCUT2D eigenvalue weighted by molar-refractivity contribution is 5.63. The van der Waals surface area contributed by atoms with Gasteiger partial charge in [-0.15, -0.1) is 0 Å². The summed E-state index contributed by atoms with van der Waals surface area (Å²) in [5.74, 6) is 0.656. The first-order chi connectivity index (χ1) is 7.77. The molecular formula is C14H11FO. The van der Waals surface area contributed by atoms with Crippen molar-refractivity contribution in [3.63, 3.8) is 0 Å². The van der Waals surface area contributed by atoms with Crippen LogP contribution in [0.5, 0.6) is 11.5 Å². The lowest BCUT2D eigenvalue weighted by atomic mass is 10.2. The largest absolute Gasteiger partial charge is 0.457 e. The fourth-order valence-corrected chi connectivity index (χ4v) is 1.40. The first-order valence-electron chi connectivity index (χ1n) is 4.94. The van der Waals surface area contributed by atoms with Crippen LogP contribution in [0.25, 0.3) is 5.83 Å². The van der Waals surface area contributed by atoms with Crippen molar-refractivity contribution in [3.05, 3.63) is 66.7 Å². The fourth-order valence-electron chi connectivity index (χ4n) is 1.40. The minimum Gasteiger partial charge on any atom is -0.457 e. The van der Waals surface area contributed by atoms with Crippen molar-refractivity contribution in [2.45, 2.75) is 0 Å². The van der Waals surface area contributed by atoms with Gasteiger partial charge in [0.1, 0.15) is 17.3 Å². The second-order valence-corrected chi connectivity index (χ2v) is 3.32. The van der Waals surface area contributed by atoms with Crippen LogP contribution in [0.1, 0.15) is 5.56 Å². The Balaban J connectivity index is 2.31. The highest BCUT2D eigenvalue weighted by Gasteiger charge is 2.06. The summed E-state index contributed by atoms with van der Waals surface area (Å²) in [4.78, 5) is 0. The maximum Gasteiger partial charge on any atom is 0.137 e. The first-order valence-corrected chi connectivity index (χ1v) is 4.94. The van der Waals surface area contributed by atoms with Crippen molar-refractivity contribution in [2.75, 3.05) is 0 Å². The smallest absolute Gasteiger partial charge is 0.137 e. The number of rotatable bonds is 3. The topological polar surface area (TPSA) is 9.23 Å². The Labute approximate surface area is 93.8 Å². The van der Waals surface area contributed by atoms with Crippen LogP contribution in [0, 0.1) is 0 Å². The van der Waals surface area contributed by atoms with Gasteiger partial charge in [0.25, 0.3) is 0 Å². The Kier molecular flexibility index (Phi) is 3.01. The molecule has 0 unspecified atom stereocenters. The summed E-state index contributed by atoms with van der Waals surface area (Å²) in [5.41, 5.74) is 0.381. The zero-order valence-corrected chi connectivity index (χ0v) is 8.69. The summed E-state index contributed by atoms with van der Waals surface area (Å²) in [6, 6.07) is 16.2. The van der Waals surface area contributed by atoms with Gasteiger partial charge < -0.3 is 4.74 Å². The molecule has 2 aromatic carbocycles. The van der Waals surface area contributed by atoms with E-state index < -0.39 is 5.83 Å². The Morgan fingerprint density at radius 3 is 2.25 bits per heavy atom. The van der Waals surface area contributed by atoms with Gasteiger partial charge in [-0.2, -0.15) is 0 Å². The van der Waals surface area contributed by atoms with Crippen molar-refractivity contribution in [3.8, 4) is 11.5 Å². The van der Waals surface area contributed by atoms with E-state index in [4.69, 9.17) is 4.74 Å². The van der Waals surface area contributed by atoms with Crippen LogP contribution in [0.15, 0.2) is 61.2 Å². The summed E-state index contributed by atoms with van der Waals surface area (Å²) < 4.78 is 18.7. The molecule has 0 saturated heterocycles. The molecule has 0 aliphatic carbocycles. The lowest BCUT2D eigenvalue weighted by Gasteiger charge is -2.08. The number of hydrogen-bond acceptors (Lipinski definition) is 1. The molecule has 80 valence electrons. The van der Waals surface area contributed by atoms with Gasteiger partial charge in [-0.1, -0.05) is 36.9 Å². The summed E-state index contributed by atoms with van der Waals surface area (Å²) in [7, 11) is 0. The molecule has 2 rings (SSSR count). The normalized spacial score (nSPS) is 9.81. The molecule has 0 heterocycles. The van der Waals surface area contributed by atoms with Gasteiger partial charge in [-0.05, 0) is 24.3 Å². The lowest BCUT2D eigenvalue weighted by Crippen LogP contribution is -1.88. The van der Waals surface area contributed by atoms with Gasteiger partial charge in [0.2, 0.25) is 0 Å². The molecule has 0 aliphatic rings. The third-order valence-electron chi connectivity index (χ3n) is 2.15. The Morgan fingerprint density at radius 2 is 1.56 bits per heavy atom. The number of hydrogen-bond donors (Lipinski definition) is 0. The standard InChI is InChI=1S/C14H11FO/c1-11(15)13-9-5-6-10-14(13)16-12-7-3-2-4-8-12/h2-10H,1H2. The minimum atomic E-state index is -0.494. The van der Waals surface area contributed by atoms with Crippen LogP contribution in [0.4, 0.5) is 4.39 Å². The number of ether oxygens (including phenoxy) is 1. The Bertz CT molecular complexity index is 491. The van der Waals surface area contributed by atoms with Crippen molar-refractivity contribution in [1.29, 1.82) is 0 Å². The fraction of sp³-hybridized carbons (Fsp3) is 0. The molecule has 1 nitrogen and oxygen atoms in total. The van der Waals surface area contributed by atoms with E-state index in [1.807, 2.05) is 30.3 Å². The summed E-state index contributed by atoms with van der Waals surface area (Å²) in [6.07, 6.45) is 0. The molecule has 0 spiro atoms. The highest BCUT2D eigenvalue weighted by atomic mass is 19.1. The van der Waals surface area contributed by atoms with E-state index in [-0.39, 0.29) is 0 Å². The van der Waals surface area contributed by atoms with Crippen molar-refractivity contribution < 1.29 is 9.13 Å². The minimum absolute atomic E-state index is 0.381. The quantitative estimate of drug-likeness (QED) is 0.734. The molecule has 0 radical (unpaired) electrons. The third kappa shape index (κ3) is 2.28. The van der Waals surface area contributed by atoms with Gasteiger partial charge >= 0.3 is 0 Å². The first kappa shape index (κ1) is 10.4. The van der Waals surface area contributed by atoms with Crippen LogP contribution < -0.4 is 4.74 Å². The summed E-state index contributed by atoms with van der Waals surface area (Å²) >= 11 is 0. The van der Waals surface area contributed by atoms with Crippen molar-refractivity contribution in [2.24, 2.45) is 0 Å². The van der Waals surface area contributed by atoms with Gasteiger partial charge in [-0.25, -0.2) is 4.39 Å². The molecule has 2 aromatic rings. The van der Waals surface area contributed by atoms with E-state index >= 15 is 0 Å². The van der Waals surface area contributed by atoms with E-state index in [0.29, 0.717) is 17.1 Å². The molecule has 0 fully saturated rings. The monoisotopic (exact) mass is 214 g/mol. The highest BCUT2D eigenvalue weighted by Crippen LogP contribution is 2.29. The molecule has 0 saturated carbocycles. The average molecular weight is 214 g/mol. The molecule has 0 atom stereocenters. The summed E-state index contributed by atoms with van der Waals surface area (Å²) in [6.45, 7) is 3.28. The van der Waals surface area contributed by atoms with Crippen LogP contribution in [0.2, 0.25) is 0 Å². The van der Waals surface area contributed by atoms with Crippen LogP contribution in [0.3, 0.4) is 0 Å². The Hall–Kier alpha value is -2.09. The molecule has 2 heteroatoms. The third-order valence-corrected chi connectivity index (χ3v) is 2.15. The lowest BCUT2D eigenvalue weighted by molar-refractivity contribution is 0.479. The zero-order chi connectivity index (χ0) is 11.4. The molecule has 0 aliphatic heterocycles. The molecule has 0 bridgehead atoms. The molecule has 0 aromatic heterocycles. The predicted octanol–water partition coefficient (Wildman–Crippen LogP) is 4.42. The maximum atomic E-state index is 13.1. The van der Waals surface area contributed by atoms with E-state index in [1.54, 1.807) is 24.3 Å². The molecular weight excluding hydrogens is 203 g/mol. The van der Waals surface area contributed by atoms with Gasteiger partial charge in [0.05, 0.1) is 5.56 Å². The SMILES string of the molecule is C=C(F)c1ccccc1Oc1ccccc1. The second-order valence-electron chi connectivity index (χ2n) is 3.32. The van der Waals surface area contributed by atoms with Crippen molar-refractivity contribution in [1.82, 2.24) is 0 Å². The van der Waals surface area contributed by atoms with E-state index in [0.717, 1.165) is 0 Å². The average Bonchev–Trinajstić information content (AvgIpc) is 2.31. The van der Waals surface area contributed by atoms with Gasteiger partial charge in [-0.3, -0.25) is 0 Å². The second kappa shape index (κ2) is 4.62. The predicted molar refractivity (Wildman–Crippen MR) is 63.1 cm³/mol. The van der Waals surface area contributed by atoms with Crippen LogP contribution in [-0.2, 0) is 0 Å². The van der Waals surface area contributed by atoms with E-state index in [9.17, 15) is 4.39 Å². The molecule has 0 N–H and O–H groups in total. The van der Waals surface area contributed by atoms with Gasteiger partial charge in [0.15, 0.2) is 0 Å². The van der Waals surface area contributed by atoms with Crippen LogP contribution in [-0.4, -0.2) is 0 Å². The number of halogens is 1. The maximum absolute atomic E-state index is 13.1. The van der Waals surface area contributed by atoms with E-state index in [2.05, 4.69) is 6.58 Å². The molecule has 0 amide bonds. The van der Waals surface area contributed by atoms with Crippen LogP contribution >= 0.6 is 0 Å². The zero-order valence-electron chi connectivity index (χ0n) is 8.69.